The van der Waals surface area contributed by atoms with Crippen LogP contribution in [0.5, 0.6) is 5.75 Å². The second-order valence-electron chi connectivity index (χ2n) is 6.37. The van der Waals surface area contributed by atoms with Crippen molar-refractivity contribution in [2.75, 3.05) is 19.7 Å². The molecule has 1 aliphatic heterocycles. The minimum absolute atomic E-state index is 0.0889. The van der Waals surface area contributed by atoms with E-state index in [0.717, 1.165) is 19.6 Å². The van der Waals surface area contributed by atoms with E-state index >= 15 is 0 Å². The third-order valence-electron chi connectivity index (χ3n) is 4.41. The average molecular weight is 328 g/mol. The molecule has 2 heterocycles. The van der Waals surface area contributed by atoms with E-state index in [1.165, 1.54) is 24.2 Å². The number of aryl methyl sites for hydroxylation is 1. The molecule has 128 valence electrons. The Kier molecular flexibility index (Phi) is 5.15. The lowest BCUT2D eigenvalue weighted by Crippen LogP contribution is -2.34. The molecule has 2 N–H and O–H groups in total. The van der Waals surface area contributed by atoms with Gasteiger partial charge in [0.05, 0.1) is 0 Å². The number of hydrogen-bond acceptors (Lipinski definition) is 4. The van der Waals surface area contributed by atoms with E-state index in [9.17, 15) is 4.79 Å². The van der Waals surface area contributed by atoms with Crippen LogP contribution >= 0.6 is 0 Å². The number of amides is 1. The van der Waals surface area contributed by atoms with Crippen molar-refractivity contribution in [2.45, 2.75) is 25.3 Å². The van der Waals surface area contributed by atoms with Gasteiger partial charge in [0, 0.05) is 38.4 Å². The van der Waals surface area contributed by atoms with E-state index in [-0.39, 0.29) is 6.61 Å². The molecule has 1 aromatic heterocycles. The number of likely N-dealkylation sites (tertiary alicyclic amines) is 1. The predicted molar refractivity (Wildman–Crippen MR) is 91.6 cm³/mol. The van der Waals surface area contributed by atoms with Gasteiger partial charge in [-0.15, -0.1) is 0 Å². The first-order valence-electron chi connectivity index (χ1n) is 8.31. The van der Waals surface area contributed by atoms with Crippen molar-refractivity contribution < 1.29 is 9.53 Å². The van der Waals surface area contributed by atoms with Crippen molar-refractivity contribution in [1.82, 2.24) is 14.5 Å². The molecule has 1 amide bonds. The third-order valence-corrected chi connectivity index (χ3v) is 4.41. The minimum atomic E-state index is -0.464. The molecule has 0 aliphatic carbocycles. The van der Waals surface area contributed by atoms with Crippen molar-refractivity contribution in [3.63, 3.8) is 0 Å². The smallest absolute Gasteiger partial charge is 0.255 e. The number of benzene rings is 1. The minimum Gasteiger partial charge on any atom is -0.484 e. The SMILES string of the molecule is Cn1ccnc1[C@H]1CCCN(Cc2cccc(OCC(N)=O)c2)C1. The van der Waals surface area contributed by atoms with Crippen LogP contribution in [0.1, 0.15) is 30.1 Å². The first kappa shape index (κ1) is 16.5. The van der Waals surface area contributed by atoms with Gasteiger partial charge < -0.3 is 15.0 Å². The molecule has 0 saturated carbocycles. The van der Waals surface area contributed by atoms with E-state index in [0.29, 0.717) is 11.7 Å². The molecular formula is C18H24N4O2. The highest BCUT2D eigenvalue weighted by Crippen LogP contribution is 2.26. The molecule has 0 unspecified atom stereocenters. The molecule has 1 fully saturated rings. The molecule has 0 radical (unpaired) electrons. The molecule has 1 saturated heterocycles. The topological polar surface area (TPSA) is 73.4 Å². The number of rotatable bonds is 6. The Balaban J connectivity index is 1.62. The summed E-state index contributed by atoms with van der Waals surface area (Å²) in [5, 5.41) is 0. The van der Waals surface area contributed by atoms with Gasteiger partial charge in [-0.05, 0) is 37.1 Å². The lowest BCUT2D eigenvalue weighted by atomic mass is 9.96. The van der Waals surface area contributed by atoms with Crippen LogP contribution in [-0.2, 0) is 18.4 Å². The van der Waals surface area contributed by atoms with Crippen LogP contribution < -0.4 is 10.5 Å². The summed E-state index contributed by atoms with van der Waals surface area (Å²) in [6.45, 7) is 2.88. The summed E-state index contributed by atoms with van der Waals surface area (Å²) in [6.07, 6.45) is 6.24. The second-order valence-corrected chi connectivity index (χ2v) is 6.37. The Morgan fingerprint density at radius 2 is 2.33 bits per heavy atom. The molecule has 1 aromatic carbocycles. The lowest BCUT2D eigenvalue weighted by Gasteiger charge is -2.32. The van der Waals surface area contributed by atoms with E-state index < -0.39 is 5.91 Å². The van der Waals surface area contributed by atoms with Crippen molar-refractivity contribution in [1.29, 1.82) is 0 Å². The first-order chi connectivity index (χ1) is 11.6. The van der Waals surface area contributed by atoms with E-state index in [4.69, 9.17) is 10.5 Å². The molecule has 1 atom stereocenters. The number of nitrogens with zero attached hydrogens (tertiary/aromatic N) is 3. The molecule has 1 aliphatic rings. The number of imidazole rings is 1. The number of primary amides is 1. The molecular weight excluding hydrogens is 304 g/mol. The Bertz CT molecular complexity index is 698. The number of carbonyl (C=O) groups excluding carboxylic acids is 1. The van der Waals surface area contributed by atoms with Gasteiger partial charge in [0.2, 0.25) is 0 Å². The summed E-state index contributed by atoms with van der Waals surface area (Å²) in [7, 11) is 2.06. The van der Waals surface area contributed by atoms with Crippen molar-refractivity contribution >= 4 is 5.91 Å². The van der Waals surface area contributed by atoms with Crippen molar-refractivity contribution in [3.8, 4) is 5.75 Å². The lowest BCUT2D eigenvalue weighted by molar-refractivity contribution is -0.119. The second kappa shape index (κ2) is 7.49. The zero-order valence-corrected chi connectivity index (χ0v) is 14.0. The fourth-order valence-corrected chi connectivity index (χ4v) is 3.33. The van der Waals surface area contributed by atoms with Crippen LogP contribution in [0.2, 0.25) is 0 Å². The summed E-state index contributed by atoms with van der Waals surface area (Å²) in [4.78, 5) is 17.8. The third kappa shape index (κ3) is 4.14. The molecule has 3 rings (SSSR count). The number of piperidine rings is 1. The summed E-state index contributed by atoms with van der Waals surface area (Å²) >= 11 is 0. The Morgan fingerprint density at radius 1 is 1.46 bits per heavy atom. The highest BCUT2D eigenvalue weighted by atomic mass is 16.5. The first-order valence-corrected chi connectivity index (χ1v) is 8.31. The number of ether oxygens (including phenoxy) is 1. The Hall–Kier alpha value is -2.34. The van der Waals surface area contributed by atoms with Gasteiger partial charge in [-0.25, -0.2) is 4.98 Å². The molecule has 2 aromatic rings. The van der Waals surface area contributed by atoms with Crippen molar-refractivity contribution in [2.24, 2.45) is 12.8 Å². The van der Waals surface area contributed by atoms with Gasteiger partial charge in [-0.2, -0.15) is 0 Å². The quantitative estimate of drug-likeness (QED) is 0.875. The van der Waals surface area contributed by atoms with Crippen LogP contribution in [0.15, 0.2) is 36.7 Å². The largest absolute Gasteiger partial charge is 0.484 e. The van der Waals surface area contributed by atoms with Gasteiger partial charge in [0.1, 0.15) is 11.6 Å². The monoisotopic (exact) mass is 328 g/mol. The number of aromatic nitrogens is 2. The van der Waals surface area contributed by atoms with E-state index in [2.05, 4.69) is 27.6 Å². The molecule has 6 nitrogen and oxygen atoms in total. The van der Waals surface area contributed by atoms with Crippen LogP contribution in [0.3, 0.4) is 0 Å². The van der Waals surface area contributed by atoms with E-state index in [1.54, 1.807) is 0 Å². The van der Waals surface area contributed by atoms with Crippen LogP contribution in [0.25, 0.3) is 0 Å². The van der Waals surface area contributed by atoms with E-state index in [1.807, 2.05) is 30.6 Å². The number of hydrogen-bond donors (Lipinski definition) is 1. The molecule has 6 heteroatoms. The fourth-order valence-electron chi connectivity index (χ4n) is 3.33. The predicted octanol–water partition coefficient (Wildman–Crippen LogP) is 1.66. The highest BCUT2D eigenvalue weighted by molar-refractivity contribution is 5.75. The summed E-state index contributed by atoms with van der Waals surface area (Å²) in [6, 6.07) is 7.86. The number of nitrogens with two attached hydrogens (primary N) is 1. The Morgan fingerprint density at radius 3 is 3.08 bits per heavy atom. The maximum absolute atomic E-state index is 10.8. The van der Waals surface area contributed by atoms with Gasteiger partial charge >= 0.3 is 0 Å². The molecule has 24 heavy (non-hydrogen) atoms. The zero-order chi connectivity index (χ0) is 16.9. The Labute approximate surface area is 142 Å². The van der Waals surface area contributed by atoms with Crippen LogP contribution in [0.4, 0.5) is 0 Å². The maximum atomic E-state index is 10.8. The molecule has 0 spiro atoms. The molecule has 0 bridgehead atoms. The highest BCUT2D eigenvalue weighted by Gasteiger charge is 2.24. The fraction of sp³-hybridized carbons (Fsp3) is 0.444. The van der Waals surface area contributed by atoms with Crippen LogP contribution in [-0.4, -0.2) is 40.1 Å². The standard InChI is InChI=1S/C18H24N4O2/c1-21-9-7-20-18(21)15-5-3-8-22(12-15)11-14-4-2-6-16(10-14)24-13-17(19)23/h2,4,6-7,9-10,15H,3,5,8,11-13H2,1H3,(H2,19,23)/t15-/m0/s1. The van der Waals surface area contributed by atoms with Gasteiger partial charge in [-0.1, -0.05) is 12.1 Å². The summed E-state index contributed by atoms with van der Waals surface area (Å²) in [5.41, 5.74) is 6.30. The normalized spacial score (nSPS) is 18.5. The van der Waals surface area contributed by atoms with Gasteiger partial charge in [0.15, 0.2) is 6.61 Å². The maximum Gasteiger partial charge on any atom is 0.255 e. The van der Waals surface area contributed by atoms with Gasteiger partial charge in [-0.3, -0.25) is 9.69 Å². The zero-order valence-electron chi connectivity index (χ0n) is 14.0. The summed E-state index contributed by atoms with van der Waals surface area (Å²) in [5.74, 6) is 1.87. The summed E-state index contributed by atoms with van der Waals surface area (Å²) < 4.78 is 7.50. The number of carbonyl (C=O) groups is 1. The van der Waals surface area contributed by atoms with Crippen molar-refractivity contribution in [3.05, 3.63) is 48.0 Å². The average Bonchev–Trinajstić information content (AvgIpc) is 3.00. The van der Waals surface area contributed by atoms with Gasteiger partial charge in [0.25, 0.3) is 5.91 Å². The van der Waals surface area contributed by atoms with Crippen LogP contribution in [0, 0.1) is 0 Å².